The normalized spacial score (nSPS) is 10.6. The molecular weight excluding hydrogens is 276 g/mol. The van der Waals surface area contributed by atoms with E-state index in [0.717, 1.165) is 29.2 Å². The quantitative estimate of drug-likeness (QED) is 0.426. The van der Waals surface area contributed by atoms with Crippen molar-refractivity contribution in [3.8, 4) is 0 Å². The van der Waals surface area contributed by atoms with Crippen LogP contribution in [-0.2, 0) is 20.8 Å². The molecule has 0 bridgehead atoms. The zero-order valence-corrected chi connectivity index (χ0v) is 13.1. The van der Waals surface area contributed by atoms with E-state index in [1.807, 2.05) is 13.1 Å². The molecule has 0 unspecified atom stereocenters. The topological polar surface area (TPSA) is 60.5 Å². The summed E-state index contributed by atoms with van der Waals surface area (Å²) >= 11 is 1.41. The molecule has 0 fully saturated rings. The summed E-state index contributed by atoms with van der Waals surface area (Å²) in [5.74, 6) is 0.0941. The maximum Gasteiger partial charge on any atom is 0.316 e. The van der Waals surface area contributed by atoms with Crippen LogP contribution in [0.5, 0.6) is 0 Å². The van der Waals surface area contributed by atoms with Gasteiger partial charge in [-0.15, -0.1) is 0 Å². The van der Waals surface area contributed by atoms with E-state index in [0.29, 0.717) is 19.0 Å². The summed E-state index contributed by atoms with van der Waals surface area (Å²) in [6.07, 6.45) is 1.83. The van der Waals surface area contributed by atoms with E-state index in [2.05, 4.69) is 16.4 Å². The second-order valence-corrected chi connectivity index (χ2v) is 5.19. The number of nitrogens with zero attached hydrogens (tertiary/aromatic N) is 1. The summed E-state index contributed by atoms with van der Waals surface area (Å²) in [4.78, 5) is 15.7. The SMILES string of the molecule is CCOC(=O)CSc1ncc(CNCCOC)cc1C. The number of aryl methyl sites for hydroxylation is 1. The van der Waals surface area contributed by atoms with Crippen LogP contribution >= 0.6 is 11.8 Å². The first-order valence-electron chi connectivity index (χ1n) is 6.61. The number of carbonyl (C=O) groups excluding carboxylic acids is 1. The monoisotopic (exact) mass is 298 g/mol. The molecule has 0 aromatic carbocycles. The Morgan fingerprint density at radius 2 is 2.30 bits per heavy atom. The van der Waals surface area contributed by atoms with Gasteiger partial charge in [0.1, 0.15) is 0 Å². The fourth-order valence-electron chi connectivity index (χ4n) is 1.61. The molecule has 0 spiro atoms. The van der Waals surface area contributed by atoms with Gasteiger partial charge in [0.25, 0.3) is 0 Å². The number of thioether (sulfide) groups is 1. The number of hydrogen-bond donors (Lipinski definition) is 1. The molecular formula is C14H22N2O3S. The molecule has 0 amide bonds. The van der Waals surface area contributed by atoms with Crippen LogP contribution in [0.15, 0.2) is 17.3 Å². The minimum Gasteiger partial charge on any atom is -0.465 e. The number of methoxy groups -OCH3 is 1. The molecule has 1 rings (SSSR count). The van der Waals surface area contributed by atoms with Crippen LogP contribution in [0.2, 0.25) is 0 Å². The number of carbonyl (C=O) groups is 1. The average molecular weight is 298 g/mol. The van der Waals surface area contributed by atoms with Crippen LogP contribution in [0.1, 0.15) is 18.1 Å². The molecule has 20 heavy (non-hydrogen) atoms. The molecule has 0 aliphatic rings. The van der Waals surface area contributed by atoms with Gasteiger partial charge < -0.3 is 14.8 Å². The maximum atomic E-state index is 11.3. The van der Waals surface area contributed by atoms with Crippen molar-refractivity contribution in [1.29, 1.82) is 0 Å². The van der Waals surface area contributed by atoms with E-state index in [4.69, 9.17) is 9.47 Å². The van der Waals surface area contributed by atoms with Gasteiger partial charge >= 0.3 is 5.97 Å². The summed E-state index contributed by atoms with van der Waals surface area (Å²) < 4.78 is 9.87. The highest BCUT2D eigenvalue weighted by atomic mass is 32.2. The van der Waals surface area contributed by atoms with Gasteiger partial charge in [-0.05, 0) is 25.0 Å². The highest BCUT2D eigenvalue weighted by molar-refractivity contribution is 7.99. The van der Waals surface area contributed by atoms with E-state index in [9.17, 15) is 4.79 Å². The van der Waals surface area contributed by atoms with Gasteiger partial charge in [0.15, 0.2) is 0 Å². The number of nitrogens with one attached hydrogen (secondary N) is 1. The number of ether oxygens (including phenoxy) is 2. The first-order valence-corrected chi connectivity index (χ1v) is 7.59. The second-order valence-electron chi connectivity index (χ2n) is 4.23. The standard InChI is InChI=1S/C14H22N2O3S/c1-4-19-13(17)10-20-14-11(2)7-12(9-16-14)8-15-5-6-18-3/h7,9,15H,4-6,8,10H2,1-3H3. The molecule has 1 aromatic heterocycles. The van der Waals surface area contributed by atoms with Gasteiger partial charge in [0.05, 0.1) is 24.0 Å². The third-order valence-electron chi connectivity index (χ3n) is 2.53. The third-order valence-corrected chi connectivity index (χ3v) is 3.61. The van der Waals surface area contributed by atoms with Gasteiger partial charge in [0, 0.05) is 26.4 Å². The Balaban J connectivity index is 2.44. The number of hydrogen-bond acceptors (Lipinski definition) is 6. The van der Waals surface area contributed by atoms with E-state index >= 15 is 0 Å². The van der Waals surface area contributed by atoms with Crippen molar-refractivity contribution >= 4 is 17.7 Å². The molecule has 0 radical (unpaired) electrons. The maximum absolute atomic E-state index is 11.3. The summed E-state index contributed by atoms with van der Waals surface area (Å²) in [5.41, 5.74) is 2.20. The first kappa shape index (κ1) is 16.9. The minimum atomic E-state index is -0.205. The lowest BCUT2D eigenvalue weighted by Crippen LogP contribution is -2.18. The van der Waals surface area contributed by atoms with Crippen molar-refractivity contribution in [2.75, 3.05) is 32.6 Å². The molecule has 1 heterocycles. The third kappa shape index (κ3) is 6.36. The fraction of sp³-hybridized carbons (Fsp3) is 0.571. The lowest BCUT2D eigenvalue weighted by Gasteiger charge is -2.08. The second kappa shape index (κ2) is 9.74. The number of aromatic nitrogens is 1. The van der Waals surface area contributed by atoms with E-state index in [1.165, 1.54) is 11.8 Å². The lowest BCUT2D eigenvalue weighted by molar-refractivity contribution is -0.139. The predicted molar refractivity (Wildman–Crippen MR) is 79.9 cm³/mol. The van der Waals surface area contributed by atoms with Crippen molar-refractivity contribution in [3.63, 3.8) is 0 Å². The number of rotatable bonds is 9. The molecule has 6 heteroatoms. The Morgan fingerprint density at radius 1 is 1.50 bits per heavy atom. The van der Waals surface area contributed by atoms with Gasteiger partial charge in [-0.25, -0.2) is 4.98 Å². The summed E-state index contributed by atoms with van der Waals surface area (Å²) in [6.45, 7) is 6.49. The molecule has 5 nitrogen and oxygen atoms in total. The van der Waals surface area contributed by atoms with E-state index in [1.54, 1.807) is 14.0 Å². The minimum absolute atomic E-state index is 0.205. The Morgan fingerprint density at radius 3 is 2.95 bits per heavy atom. The van der Waals surface area contributed by atoms with E-state index in [-0.39, 0.29) is 5.97 Å². The molecule has 1 N–H and O–H groups in total. The van der Waals surface area contributed by atoms with Crippen molar-refractivity contribution in [3.05, 3.63) is 23.4 Å². The Labute approximate surface area is 124 Å². The first-order chi connectivity index (χ1) is 9.67. The largest absolute Gasteiger partial charge is 0.465 e. The van der Waals surface area contributed by atoms with Crippen LogP contribution in [0.25, 0.3) is 0 Å². The fourth-order valence-corrected chi connectivity index (χ4v) is 2.36. The molecule has 0 saturated heterocycles. The molecule has 0 saturated carbocycles. The number of pyridine rings is 1. The van der Waals surface area contributed by atoms with Gasteiger partial charge in [0.2, 0.25) is 0 Å². The lowest BCUT2D eigenvalue weighted by atomic mass is 10.2. The van der Waals surface area contributed by atoms with Crippen LogP contribution in [-0.4, -0.2) is 43.6 Å². The highest BCUT2D eigenvalue weighted by Crippen LogP contribution is 2.20. The summed E-state index contributed by atoms with van der Waals surface area (Å²) in [6, 6.07) is 2.08. The van der Waals surface area contributed by atoms with Crippen molar-refractivity contribution in [2.45, 2.75) is 25.4 Å². The Hall–Kier alpha value is -1.11. The molecule has 0 aliphatic heterocycles. The van der Waals surface area contributed by atoms with Crippen LogP contribution in [0.4, 0.5) is 0 Å². The van der Waals surface area contributed by atoms with Crippen molar-refractivity contribution in [1.82, 2.24) is 10.3 Å². The van der Waals surface area contributed by atoms with Crippen LogP contribution in [0, 0.1) is 6.92 Å². The molecule has 0 atom stereocenters. The van der Waals surface area contributed by atoms with Gasteiger partial charge in [-0.3, -0.25) is 4.79 Å². The smallest absolute Gasteiger partial charge is 0.316 e. The molecule has 0 aliphatic carbocycles. The predicted octanol–water partition coefficient (Wildman–Crippen LogP) is 1.78. The van der Waals surface area contributed by atoms with E-state index < -0.39 is 0 Å². The average Bonchev–Trinajstić information content (AvgIpc) is 2.43. The Kier molecular flexibility index (Phi) is 8.25. The molecule has 1 aromatic rings. The zero-order chi connectivity index (χ0) is 14.8. The highest BCUT2D eigenvalue weighted by Gasteiger charge is 2.07. The van der Waals surface area contributed by atoms with Gasteiger partial charge in [-0.2, -0.15) is 0 Å². The van der Waals surface area contributed by atoms with Crippen molar-refractivity contribution < 1.29 is 14.3 Å². The van der Waals surface area contributed by atoms with Gasteiger partial charge in [-0.1, -0.05) is 17.8 Å². The van der Waals surface area contributed by atoms with Crippen LogP contribution in [0.3, 0.4) is 0 Å². The van der Waals surface area contributed by atoms with Crippen LogP contribution < -0.4 is 5.32 Å². The summed E-state index contributed by atoms with van der Waals surface area (Å²) in [7, 11) is 1.68. The molecule has 112 valence electrons. The van der Waals surface area contributed by atoms with Crippen molar-refractivity contribution in [2.24, 2.45) is 0 Å². The number of esters is 1. The summed E-state index contributed by atoms with van der Waals surface area (Å²) in [5, 5.41) is 4.14. The Bertz CT molecular complexity index is 427. The zero-order valence-electron chi connectivity index (χ0n) is 12.3.